The number of halogens is 1. The number of aliphatic imine (C=N–C) groups is 1. The smallest absolute Gasteiger partial charge is 0.269 e. The van der Waals surface area contributed by atoms with Crippen molar-refractivity contribution in [3.8, 4) is 0 Å². The van der Waals surface area contributed by atoms with Gasteiger partial charge in [-0.3, -0.25) is 24.1 Å². The van der Waals surface area contributed by atoms with Crippen molar-refractivity contribution in [1.29, 1.82) is 0 Å². The average molecular weight is 479 g/mol. The molecule has 0 bridgehead atoms. The van der Waals surface area contributed by atoms with E-state index in [-0.39, 0.29) is 36.6 Å². The Balaban J connectivity index is 1.28. The molecule has 1 aliphatic heterocycles. The number of benzene rings is 2. The van der Waals surface area contributed by atoms with E-state index in [4.69, 9.17) is 17.3 Å². The van der Waals surface area contributed by atoms with Gasteiger partial charge in [-0.05, 0) is 42.2 Å². The van der Waals surface area contributed by atoms with Crippen molar-refractivity contribution < 1.29 is 14.4 Å². The van der Waals surface area contributed by atoms with Gasteiger partial charge >= 0.3 is 0 Å². The highest BCUT2D eigenvalue weighted by atomic mass is 35.5. The average Bonchev–Trinajstić information content (AvgIpc) is 3.43. The lowest BCUT2D eigenvalue weighted by Gasteiger charge is -2.22. The van der Waals surface area contributed by atoms with Gasteiger partial charge in [0.2, 0.25) is 11.8 Å². The number of hydrogen-bond donors (Lipinski definition) is 2. The maximum absolute atomic E-state index is 13.2. The van der Waals surface area contributed by atoms with Crippen LogP contribution in [0.1, 0.15) is 40.0 Å². The number of fused-ring (bicyclic) bond motifs is 2. The van der Waals surface area contributed by atoms with Gasteiger partial charge in [-0.2, -0.15) is 5.10 Å². The zero-order valence-electron chi connectivity index (χ0n) is 18.3. The SMILES string of the molecule is NC(=O)c1nn(CC(=O)N(CC(=O)NCc2cc(Cl)cc3c2C=NC3)C2CC2)c2ccccc12. The fourth-order valence-electron chi connectivity index (χ4n) is 4.27. The molecule has 3 aromatic rings. The van der Waals surface area contributed by atoms with E-state index in [1.54, 1.807) is 35.4 Å². The molecule has 0 radical (unpaired) electrons. The molecule has 174 valence electrons. The number of para-hydroxylation sites is 1. The first-order chi connectivity index (χ1) is 16.4. The first kappa shape index (κ1) is 22.1. The highest BCUT2D eigenvalue weighted by Gasteiger charge is 2.34. The molecule has 0 unspecified atom stereocenters. The molecular weight excluding hydrogens is 456 g/mol. The van der Waals surface area contributed by atoms with Gasteiger partial charge < -0.3 is 16.0 Å². The van der Waals surface area contributed by atoms with E-state index >= 15 is 0 Å². The van der Waals surface area contributed by atoms with Crippen LogP contribution in [0.2, 0.25) is 5.02 Å². The Morgan fingerprint density at radius 2 is 2.00 bits per heavy atom. The number of carbonyl (C=O) groups is 3. The molecule has 0 saturated heterocycles. The molecule has 2 heterocycles. The van der Waals surface area contributed by atoms with Crippen LogP contribution in [0.4, 0.5) is 0 Å². The third kappa shape index (κ3) is 4.38. The van der Waals surface area contributed by atoms with Crippen molar-refractivity contribution in [1.82, 2.24) is 20.0 Å². The Bertz CT molecular complexity index is 1340. The Labute approximate surface area is 200 Å². The van der Waals surface area contributed by atoms with Gasteiger partial charge in [0.1, 0.15) is 6.54 Å². The van der Waals surface area contributed by atoms with Gasteiger partial charge in [0.25, 0.3) is 5.91 Å². The van der Waals surface area contributed by atoms with E-state index in [1.807, 2.05) is 12.1 Å². The van der Waals surface area contributed by atoms with Gasteiger partial charge in [0, 0.05) is 34.8 Å². The molecule has 0 atom stereocenters. The Morgan fingerprint density at radius 1 is 1.21 bits per heavy atom. The van der Waals surface area contributed by atoms with Crippen LogP contribution in [-0.4, -0.2) is 51.2 Å². The van der Waals surface area contributed by atoms with Crippen molar-refractivity contribution in [2.45, 2.75) is 38.5 Å². The molecular formula is C24H23ClN6O3. The van der Waals surface area contributed by atoms with Gasteiger partial charge in [-0.25, -0.2) is 0 Å². The second-order valence-corrected chi connectivity index (χ2v) is 8.96. The van der Waals surface area contributed by atoms with Gasteiger partial charge in [0.15, 0.2) is 5.69 Å². The lowest BCUT2D eigenvalue weighted by atomic mass is 10.0. The molecule has 9 nitrogen and oxygen atoms in total. The summed E-state index contributed by atoms with van der Waals surface area (Å²) < 4.78 is 1.47. The number of nitrogens with zero attached hydrogens (tertiary/aromatic N) is 4. The lowest BCUT2D eigenvalue weighted by Crippen LogP contribution is -2.43. The van der Waals surface area contributed by atoms with E-state index in [0.29, 0.717) is 29.0 Å². The van der Waals surface area contributed by atoms with Crippen molar-refractivity contribution in [3.05, 3.63) is 63.8 Å². The fourth-order valence-corrected chi connectivity index (χ4v) is 4.54. The Hall–Kier alpha value is -3.72. The Kier molecular flexibility index (Phi) is 5.79. The van der Waals surface area contributed by atoms with Gasteiger partial charge in [0.05, 0.1) is 18.6 Å². The molecule has 1 fully saturated rings. The predicted octanol–water partition coefficient (Wildman–Crippen LogP) is 2.03. The van der Waals surface area contributed by atoms with Crippen LogP contribution in [0.5, 0.6) is 0 Å². The summed E-state index contributed by atoms with van der Waals surface area (Å²) in [7, 11) is 0. The van der Waals surface area contributed by atoms with Crippen LogP contribution in [0.15, 0.2) is 41.4 Å². The Morgan fingerprint density at radius 3 is 2.76 bits per heavy atom. The number of nitrogens with one attached hydrogen (secondary N) is 1. The van der Waals surface area contributed by atoms with Crippen LogP contribution >= 0.6 is 11.6 Å². The highest BCUT2D eigenvalue weighted by molar-refractivity contribution is 6.30. The van der Waals surface area contributed by atoms with E-state index in [0.717, 1.165) is 29.5 Å². The number of carbonyl (C=O) groups excluding carboxylic acids is 3. The topological polar surface area (TPSA) is 123 Å². The van der Waals surface area contributed by atoms with Crippen LogP contribution in [0, 0.1) is 0 Å². The maximum Gasteiger partial charge on any atom is 0.269 e. The molecule has 3 amide bonds. The number of amides is 3. The zero-order chi connectivity index (χ0) is 23.8. The maximum atomic E-state index is 13.2. The van der Waals surface area contributed by atoms with Gasteiger partial charge in [-0.1, -0.05) is 29.8 Å². The lowest BCUT2D eigenvalue weighted by molar-refractivity contribution is -0.137. The second-order valence-electron chi connectivity index (χ2n) is 8.52. The molecule has 2 aromatic carbocycles. The third-order valence-electron chi connectivity index (χ3n) is 6.07. The number of nitrogens with two attached hydrogens (primary N) is 1. The minimum Gasteiger partial charge on any atom is -0.364 e. The normalized spacial score (nSPS) is 14.3. The third-order valence-corrected chi connectivity index (χ3v) is 6.29. The first-order valence-electron chi connectivity index (χ1n) is 11.0. The van der Waals surface area contributed by atoms with Gasteiger partial charge in [-0.15, -0.1) is 0 Å². The van der Waals surface area contributed by atoms with Crippen molar-refractivity contribution in [2.75, 3.05) is 6.54 Å². The van der Waals surface area contributed by atoms with E-state index in [2.05, 4.69) is 15.4 Å². The summed E-state index contributed by atoms with van der Waals surface area (Å²) in [5.74, 6) is -1.15. The van der Waals surface area contributed by atoms with Crippen molar-refractivity contribution in [2.24, 2.45) is 10.7 Å². The van der Waals surface area contributed by atoms with Crippen LogP contribution < -0.4 is 11.1 Å². The molecule has 1 saturated carbocycles. The summed E-state index contributed by atoms with van der Waals surface area (Å²) in [6.45, 7) is 0.741. The number of primary amides is 1. The minimum absolute atomic E-state index is 0.0261. The molecule has 3 N–H and O–H groups in total. The van der Waals surface area contributed by atoms with Crippen LogP contribution in [0.3, 0.4) is 0 Å². The number of aromatic nitrogens is 2. The summed E-state index contributed by atoms with van der Waals surface area (Å²) in [5.41, 5.74) is 9.12. The van der Waals surface area contributed by atoms with E-state index < -0.39 is 5.91 Å². The summed E-state index contributed by atoms with van der Waals surface area (Å²) in [5, 5.41) is 8.35. The molecule has 1 aliphatic carbocycles. The summed E-state index contributed by atoms with van der Waals surface area (Å²) >= 11 is 6.20. The predicted molar refractivity (Wildman–Crippen MR) is 128 cm³/mol. The molecule has 34 heavy (non-hydrogen) atoms. The molecule has 5 rings (SSSR count). The molecule has 10 heteroatoms. The fraction of sp³-hybridized carbons (Fsp3) is 0.292. The minimum atomic E-state index is -0.654. The monoisotopic (exact) mass is 478 g/mol. The summed E-state index contributed by atoms with van der Waals surface area (Å²) in [6, 6.07) is 10.8. The highest BCUT2D eigenvalue weighted by Crippen LogP contribution is 2.28. The van der Waals surface area contributed by atoms with Crippen LogP contribution in [-0.2, 0) is 29.2 Å². The zero-order valence-corrected chi connectivity index (χ0v) is 19.1. The second kappa shape index (κ2) is 8.90. The standard InChI is InChI=1S/C24H23ClN6O3/c25-16-7-14-9-27-11-19(14)15(8-16)10-28-21(32)12-30(17-5-6-17)22(33)13-31-20-4-2-1-3-18(20)23(29-31)24(26)34/h1-4,7-8,11,17H,5-6,9-10,12-13H2,(H2,26,34)(H,28,32). The van der Waals surface area contributed by atoms with E-state index in [9.17, 15) is 14.4 Å². The van der Waals surface area contributed by atoms with Crippen LogP contribution in [0.25, 0.3) is 10.9 Å². The summed E-state index contributed by atoms with van der Waals surface area (Å²) in [6.07, 6.45) is 3.50. The quantitative estimate of drug-likeness (QED) is 0.514. The van der Waals surface area contributed by atoms with Crippen molar-refractivity contribution in [3.63, 3.8) is 0 Å². The van der Waals surface area contributed by atoms with Crippen molar-refractivity contribution >= 4 is 46.4 Å². The van der Waals surface area contributed by atoms with E-state index in [1.165, 1.54) is 4.68 Å². The first-order valence-corrected chi connectivity index (χ1v) is 11.4. The number of hydrogen-bond acceptors (Lipinski definition) is 5. The molecule has 1 aromatic heterocycles. The molecule has 2 aliphatic rings. The molecule has 0 spiro atoms. The summed E-state index contributed by atoms with van der Waals surface area (Å²) in [4.78, 5) is 43.5. The largest absolute Gasteiger partial charge is 0.364 e. The number of rotatable bonds is 8.